The Kier molecular flexibility index (Phi) is 2.51. The van der Waals surface area contributed by atoms with Crippen LogP contribution < -0.4 is 0 Å². The lowest BCUT2D eigenvalue weighted by Gasteiger charge is -1.96. The third-order valence-corrected chi connectivity index (χ3v) is 2.38. The Morgan fingerprint density at radius 1 is 1.33 bits per heavy atom. The quantitative estimate of drug-likeness (QED) is 0.790. The normalized spacial score (nSPS) is 10.3. The van der Waals surface area contributed by atoms with Crippen molar-refractivity contribution in [1.29, 1.82) is 0 Å². The summed E-state index contributed by atoms with van der Waals surface area (Å²) in [6, 6.07) is 7.09. The number of aromatic amines is 1. The number of halogens is 1. The van der Waals surface area contributed by atoms with Gasteiger partial charge in [-0.1, -0.05) is 23.7 Å². The summed E-state index contributed by atoms with van der Waals surface area (Å²) in [6.45, 7) is 1.75. The van der Waals surface area contributed by atoms with Gasteiger partial charge in [-0.05, 0) is 24.2 Å². The summed E-state index contributed by atoms with van der Waals surface area (Å²) < 4.78 is 0. The van der Waals surface area contributed by atoms with Crippen LogP contribution >= 0.6 is 11.6 Å². The van der Waals surface area contributed by atoms with Gasteiger partial charge in [-0.2, -0.15) is 5.10 Å². The maximum atomic E-state index is 10.6. The lowest BCUT2D eigenvalue weighted by atomic mass is 10.1. The first-order chi connectivity index (χ1) is 7.22. The zero-order valence-electron chi connectivity index (χ0n) is 7.99. The van der Waals surface area contributed by atoms with E-state index in [1.54, 1.807) is 31.2 Å². The van der Waals surface area contributed by atoms with E-state index in [4.69, 9.17) is 11.6 Å². The number of nitrogens with zero attached hydrogens (tertiary/aromatic N) is 2. The Morgan fingerprint density at radius 2 is 2.00 bits per heavy atom. The fraction of sp³-hybridized carbons (Fsp3) is 0.100. The van der Waals surface area contributed by atoms with Gasteiger partial charge in [0.15, 0.2) is 5.69 Å². The summed E-state index contributed by atoms with van der Waals surface area (Å²) >= 11 is 5.76. The van der Waals surface area contributed by atoms with Crippen molar-refractivity contribution in [3.63, 3.8) is 0 Å². The highest BCUT2D eigenvalue weighted by Gasteiger charge is 2.12. The average Bonchev–Trinajstić information content (AvgIpc) is 2.61. The minimum atomic E-state index is 0.345. The van der Waals surface area contributed by atoms with Gasteiger partial charge in [0.25, 0.3) is 0 Å². The van der Waals surface area contributed by atoms with Gasteiger partial charge < -0.3 is 0 Å². The Labute approximate surface area is 91.2 Å². The molecule has 0 spiro atoms. The van der Waals surface area contributed by atoms with Gasteiger partial charge in [0.1, 0.15) is 5.69 Å². The Morgan fingerprint density at radius 3 is 2.60 bits per heavy atom. The summed E-state index contributed by atoms with van der Waals surface area (Å²) in [5.41, 5.74) is 2.38. The van der Waals surface area contributed by atoms with E-state index in [1.807, 2.05) is 0 Å². The lowest BCUT2D eigenvalue weighted by Crippen LogP contribution is -1.77. The zero-order valence-corrected chi connectivity index (χ0v) is 8.75. The summed E-state index contributed by atoms with van der Waals surface area (Å²) in [6.07, 6.45) is 0. The van der Waals surface area contributed by atoms with E-state index < -0.39 is 0 Å². The number of rotatable bonds is 2. The van der Waals surface area contributed by atoms with E-state index in [-0.39, 0.29) is 0 Å². The smallest absolute Gasteiger partial charge is 0.156 e. The van der Waals surface area contributed by atoms with Crippen LogP contribution in [0.15, 0.2) is 29.4 Å². The van der Waals surface area contributed by atoms with Gasteiger partial charge in [0.05, 0.1) is 5.69 Å². The highest BCUT2D eigenvalue weighted by Crippen LogP contribution is 2.31. The predicted octanol–water partition coefficient (Wildman–Crippen LogP) is 3.44. The minimum Gasteiger partial charge on any atom is -0.280 e. The monoisotopic (exact) mass is 221 g/mol. The highest BCUT2D eigenvalue weighted by molar-refractivity contribution is 6.30. The molecule has 0 unspecified atom stereocenters. The maximum absolute atomic E-state index is 10.6. The molecule has 1 heterocycles. The van der Waals surface area contributed by atoms with Crippen molar-refractivity contribution in [3.8, 4) is 11.3 Å². The molecule has 0 atom stereocenters. The number of hydrogen-bond donors (Lipinski definition) is 1. The van der Waals surface area contributed by atoms with Crippen molar-refractivity contribution in [2.75, 3.05) is 0 Å². The number of H-pyrrole nitrogens is 1. The maximum Gasteiger partial charge on any atom is 0.156 e. The van der Waals surface area contributed by atoms with E-state index in [1.165, 1.54) is 0 Å². The van der Waals surface area contributed by atoms with Gasteiger partial charge in [-0.15, -0.1) is 4.91 Å². The molecule has 0 aliphatic carbocycles. The molecule has 1 aromatic heterocycles. The largest absolute Gasteiger partial charge is 0.280 e. The summed E-state index contributed by atoms with van der Waals surface area (Å²) in [5.74, 6) is 0. The topological polar surface area (TPSA) is 58.1 Å². The van der Waals surface area contributed by atoms with Crippen molar-refractivity contribution in [1.82, 2.24) is 10.2 Å². The van der Waals surface area contributed by atoms with E-state index >= 15 is 0 Å². The second-order valence-corrected chi connectivity index (χ2v) is 3.58. The van der Waals surface area contributed by atoms with E-state index in [0.717, 1.165) is 5.56 Å². The van der Waals surface area contributed by atoms with E-state index in [9.17, 15) is 4.91 Å². The van der Waals surface area contributed by atoms with Crippen molar-refractivity contribution in [2.24, 2.45) is 5.18 Å². The number of hydrogen-bond acceptors (Lipinski definition) is 3. The molecule has 0 aliphatic rings. The molecule has 2 rings (SSSR count). The van der Waals surface area contributed by atoms with E-state index in [0.29, 0.717) is 22.1 Å². The van der Waals surface area contributed by atoms with Crippen LogP contribution in [-0.2, 0) is 0 Å². The third-order valence-electron chi connectivity index (χ3n) is 2.12. The van der Waals surface area contributed by atoms with Crippen molar-refractivity contribution >= 4 is 17.3 Å². The van der Waals surface area contributed by atoms with Crippen LogP contribution in [0, 0.1) is 11.8 Å². The van der Waals surface area contributed by atoms with Gasteiger partial charge >= 0.3 is 0 Å². The van der Waals surface area contributed by atoms with Crippen LogP contribution in [0.1, 0.15) is 5.69 Å². The Hall–Kier alpha value is -1.68. The standard InChI is InChI=1S/C10H8ClN3O/c1-6-9(14-15)10(13-12-6)7-2-4-8(11)5-3-7/h2-5H,1H3,(H,12,13). The van der Waals surface area contributed by atoms with Gasteiger partial charge in [0, 0.05) is 10.6 Å². The zero-order chi connectivity index (χ0) is 10.8. The fourth-order valence-electron chi connectivity index (χ4n) is 1.34. The lowest BCUT2D eigenvalue weighted by molar-refractivity contribution is 1.05. The van der Waals surface area contributed by atoms with Crippen LogP contribution in [0.5, 0.6) is 0 Å². The highest BCUT2D eigenvalue weighted by atomic mass is 35.5. The first kappa shape index (κ1) is 9.86. The molecule has 5 heteroatoms. The molecule has 2 aromatic rings. The molecule has 0 fully saturated rings. The van der Waals surface area contributed by atoms with Crippen molar-refractivity contribution in [3.05, 3.63) is 39.9 Å². The molecule has 4 nitrogen and oxygen atoms in total. The van der Waals surface area contributed by atoms with Gasteiger partial charge in [-0.25, -0.2) is 0 Å². The molecule has 0 amide bonds. The Balaban J connectivity index is 2.53. The van der Waals surface area contributed by atoms with Crippen LogP contribution in [0.3, 0.4) is 0 Å². The number of aromatic nitrogens is 2. The Bertz CT molecular complexity index is 490. The van der Waals surface area contributed by atoms with Crippen LogP contribution in [0.25, 0.3) is 11.3 Å². The minimum absolute atomic E-state index is 0.345. The van der Waals surface area contributed by atoms with Crippen molar-refractivity contribution in [2.45, 2.75) is 6.92 Å². The van der Waals surface area contributed by atoms with Gasteiger partial charge in [0.2, 0.25) is 0 Å². The molecule has 76 valence electrons. The molecule has 0 saturated carbocycles. The van der Waals surface area contributed by atoms with Crippen LogP contribution in [-0.4, -0.2) is 10.2 Å². The molecule has 1 N–H and O–H groups in total. The second kappa shape index (κ2) is 3.82. The number of benzene rings is 1. The van der Waals surface area contributed by atoms with Gasteiger partial charge in [-0.3, -0.25) is 5.10 Å². The van der Waals surface area contributed by atoms with Crippen molar-refractivity contribution < 1.29 is 0 Å². The van der Waals surface area contributed by atoms with E-state index in [2.05, 4.69) is 15.4 Å². The second-order valence-electron chi connectivity index (χ2n) is 3.14. The molecule has 15 heavy (non-hydrogen) atoms. The summed E-state index contributed by atoms with van der Waals surface area (Å²) in [4.78, 5) is 10.6. The SMILES string of the molecule is Cc1[nH]nc(-c2ccc(Cl)cc2)c1N=O. The number of nitroso groups, excluding NO2 is 1. The summed E-state index contributed by atoms with van der Waals surface area (Å²) in [7, 11) is 0. The molecule has 0 aliphatic heterocycles. The molecule has 1 aromatic carbocycles. The van der Waals surface area contributed by atoms with Crippen LogP contribution in [0.2, 0.25) is 5.02 Å². The molecule has 0 bridgehead atoms. The molecular weight excluding hydrogens is 214 g/mol. The third kappa shape index (κ3) is 1.76. The molecule has 0 saturated heterocycles. The average molecular weight is 222 g/mol. The number of aryl methyl sites for hydroxylation is 1. The first-order valence-corrected chi connectivity index (χ1v) is 4.74. The summed E-state index contributed by atoms with van der Waals surface area (Å²) in [5, 5.41) is 10.3. The molecular formula is C10H8ClN3O. The number of nitrogens with one attached hydrogen (secondary N) is 1. The van der Waals surface area contributed by atoms with Crippen LogP contribution in [0.4, 0.5) is 5.69 Å². The molecule has 0 radical (unpaired) electrons. The fourth-order valence-corrected chi connectivity index (χ4v) is 1.47. The first-order valence-electron chi connectivity index (χ1n) is 4.36. The predicted molar refractivity (Wildman–Crippen MR) is 59.2 cm³/mol.